The van der Waals surface area contributed by atoms with Crippen LogP contribution in [0.5, 0.6) is 11.5 Å². The quantitative estimate of drug-likeness (QED) is 0.176. The molecule has 1 unspecified atom stereocenters. The van der Waals surface area contributed by atoms with Gasteiger partial charge in [-0.25, -0.2) is 14.2 Å². The fourth-order valence-electron chi connectivity index (χ4n) is 5.96. The first kappa shape index (κ1) is 28.5. The van der Waals surface area contributed by atoms with Gasteiger partial charge < -0.3 is 14.4 Å². The summed E-state index contributed by atoms with van der Waals surface area (Å²) < 4.78 is 15.0. The van der Waals surface area contributed by atoms with E-state index in [2.05, 4.69) is 10.3 Å². The van der Waals surface area contributed by atoms with E-state index >= 15 is 0 Å². The molecule has 3 heterocycles. The summed E-state index contributed by atoms with van der Waals surface area (Å²) in [5.74, 6) is 1.44. The summed E-state index contributed by atoms with van der Waals surface area (Å²) in [4.78, 5) is 29.0. The van der Waals surface area contributed by atoms with E-state index in [4.69, 9.17) is 26.2 Å². The van der Waals surface area contributed by atoms with Crippen molar-refractivity contribution >= 4 is 29.2 Å². The number of nitrogens with zero attached hydrogens (tertiary/aromatic N) is 6. The zero-order chi connectivity index (χ0) is 30.9. The number of anilines is 1. The SMILES string of the molecule is CCOC(=O)c1cnn2c1N(Cc1cn(-c3ccc(Cl)cc3)nn1)C1=C(C(=O)CCC1)C2c1cccc(Oc2ccccc2)c1. The van der Waals surface area contributed by atoms with Crippen molar-refractivity contribution < 1.29 is 19.1 Å². The van der Waals surface area contributed by atoms with E-state index in [1.807, 2.05) is 77.8 Å². The number of esters is 1. The first-order valence-corrected chi connectivity index (χ1v) is 15.2. The van der Waals surface area contributed by atoms with Crippen molar-refractivity contribution in [3.05, 3.63) is 124 Å². The number of fused-ring (bicyclic) bond motifs is 1. The molecule has 0 amide bonds. The van der Waals surface area contributed by atoms with E-state index in [9.17, 15) is 9.59 Å². The first-order valence-electron chi connectivity index (χ1n) is 14.8. The maximum atomic E-state index is 13.8. The average Bonchev–Trinajstić information content (AvgIpc) is 3.70. The van der Waals surface area contributed by atoms with E-state index in [1.54, 1.807) is 28.4 Å². The Kier molecular flexibility index (Phi) is 7.64. The number of ketones is 1. The Labute approximate surface area is 264 Å². The highest BCUT2D eigenvalue weighted by Crippen LogP contribution is 2.46. The summed E-state index contributed by atoms with van der Waals surface area (Å²) in [6.45, 7) is 2.25. The Bertz CT molecular complexity index is 1910. The van der Waals surface area contributed by atoms with Crippen LogP contribution in [0.15, 0.2) is 103 Å². The molecule has 226 valence electrons. The molecule has 0 spiro atoms. The second kappa shape index (κ2) is 12.0. The summed E-state index contributed by atoms with van der Waals surface area (Å²) in [6.07, 6.45) is 5.12. The minimum absolute atomic E-state index is 0.0456. The Morgan fingerprint density at radius 2 is 1.80 bits per heavy atom. The highest BCUT2D eigenvalue weighted by Gasteiger charge is 2.42. The van der Waals surface area contributed by atoms with Crippen molar-refractivity contribution in [1.29, 1.82) is 0 Å². The average molecular weight is 621 g/mol. The lowest BCUT2D eigenvalue weighted by Gasteiger charge is -2.40. The Balaban J connectivity index is 1.33. The van der Waals surface area contributed by atoms with Gasteiger partial charge in [-0.3, -0.25) is 4.79 Å². The summed E-state index contributed by atoms with van der Waals surface area (Å²) in [5.41, 5.74) is 4.07. The van der Waals surface area contributed by atoms with Gasteiger partial charge in [-0.2, -0.15) is 5.10 Å². The van der Waals surface area contributed by atoms with E-state index < -0.39 is 12.0 Å². The fraction of sp³-hybridized carbons (Fsp3) is 0.206. The van der Waals surface area contributed by atoms with Crippen LogP contribution in [-0.4, -0.2) is 43.1 Å². The zero-order valence-corrected chi connectivity index (χ0v) is 25.2. The molecule has 0 fully saturated rings. The molecular formula is C34H29ClN6O4. The number of rotatable bonds is 8. The van der Waals surface area contributed by atoms with Crippen LogP contribution in [0.4, 0.5) is 5.82 Å². The molecule has 1 atom stereocenters. The largest absolute Gasteiger partial charge is 0.462 e. The molecule has 1 aliphatic heterocycles. The minimum atomic E-state index is -0.564. The number of Topliss-reactive ketones (excluding diaryl/α,β-unsaturated/α-hetero) is 1. The molecule has 0 saturated heterocycles. The third-order valence-electron chi connectivity index (χ3n) is 7.90. The van der Waals surface area contributed by atoms with Gasteiger partial charge in [0.25, 0.3) is 0 Å². The number of allylic oxidation sites excluding steroid dienone is 2. The molecule has 3 aromatic carbocycles. The molecule has 1 aliphatic carbocycles. The number of benzene rings is 3. The third-order valence-corrected chi connectivity index (χ3v) is 8.15. The lowest BCUT2D eigenvalue weighted by atomic mass is 9.84. The van der Waals surface area contributed by atoms with Crippen LogP contribution in [0.2, 0.25) is 5.02 Å². The number of carbonyl (C=O) groups excluding carboxylic acids is 2. The Hall–Kier alpha value is -5.22. The van der Waals surface area contributed by atoms with Crippen LogP contribution in [0.3, 0.4) is 0 Å². The minimum Gasteiger partial charge on any atom is -0.462 e. The number of halogens is 1. The van der Waals surface area contributed by atoms with Gasteiger partial charge in [0, 0.05) is 22.7 Å². The fourth-order valence-corrected chi connectivity index (χ4v) is 6.08. The number of aromatic nitrogens is 5. The predicted octanol–water partition coefficient (Wildman–Crippen LogP) is 6.70. The van der Waals surface area contributed by atoms with Crippen LogP contribution in [0.1, 0.15) is 53.8 Å². The summed E-state index contributed by atoms with van der Waals surface area (Å²) in [5, 5.41) is 14.1. The van der Waals surface area contributed by atoms with Gasteiger partial charge in [-0.1, -0.05) is 47.1 Å². The molecule has 2 aliphatic rings. The van der Waals surface area contributed by atoms with Gasteiger partial charge in [0.1, 0.15) is 34.6 Å². The molecule has 0 saturated carbocycles. The second-order valence-corrected chi connectivity index (χ2v) is 11.2. The third kappa shape index (κ3) is 5.49. The van der Waals surface area contributed by atoms with Crippen molar-refractivity contribution in [3.8, 4) is 17.2 Å². The van der Waals surface area contributed by atoms with E-state index in [0.717, 1.165) is 16.9 Å². The van der Waals surface area contributed by atoms with Gasteiger partial charge in [-0.05, 0) is 73.9 Å². The molecule has 0 bridgehead atoms. The number of para-hydroxylation sites is 1. The lowest BCUT2D eigenvalue weighted by molar-refractivity contribution is -0.116. The number of hydrogen-bond donors (Lipinski definition) is 0. The lowest BCUT2D eigenvalue weighted by Crippen LogP contribution is -2.39. The topological polar surface area (TPSA) is 104 Å². The van der Waals surface area contributed by atoms with Crippen molar-refractivity contribution in [3.63, 3.8) is 0 Å². The number of carbonyl (C=O) groups is 2. The molecule has 11 heteroatoms. The van der Waals surface area contributed by atoms with Gasteiger partial charge in [-0.15, -0.1) is 5.10 Å². The predicted molar refractivity (Wildman–Crippen MR) is 168 cm³/mol. The van der Waals surface area contributed by atoms with Crippen molar-refractivity contribution in [2.45, 2.75) is 38.8 Å². The number of hydrogen-bond acceptors (Lipinski definition) is 8. The molecule has 0 N–H and O–H groups in total. The van der Waals surface area contributed by atoms with Crippen molar-refractivity contribution in [2.75, 3.05) is 11.5 Å². The summed E-state index contributed by atoms with van der Waals surface area (Å²) in [7, 11) is 0. The van der Waals surface area contributed by atoms with E-state index in [0.29, 0.717) is 58.4 Å². The zero-order valence-electron chi connectivity index (χ0n) is 24.5. The Morgan fingerprint density at radius 1 is 1.00 bits per heavy atom. The first-order chi connectivity index (χ1) is 22.0. The summed E-state index contributed by atoms with van der Waals surface area (Å²) >= 11 is 6.07. The smallest absolute Gasteiger partial charge is 0.343 e. The van der Waals surface area contributed by atoms with Gasteiger partial charge in [0.2, 0.25) is 0 Å². The molecule has 10 nitrogen and oxygen atoms in total. The molecule has 2 aromatic heterocycles. The maximum absolute atomic E-state index is 13.8. The van der Waals surface area contributed by atoms with Gasteiger partial charge in [0.05, 0.1) is 31.2 Å². The number of ether oxygens (including phenoxy) is 2. The van der Waals surface area contributed by atoms with Crippen LogP contribution < -0.4 is 9.64 Å². The van der Waals surface area contributed by atoms with Crippen LogP contribution >= 0.6 is 11.6 Å². The van der Waals surface area contributed by atoms with Crippen LogP contribution in [-0.2, 0) is 16.1 Å². The normalized spacial score (nSPS) is 15.9. The highest BCUT2D eigenvalue weighted by atomic mass is 35.5. The van der Waals surface area contributed by atoms with E-state index in [1.165, 1.54) is 6.20 Å². The monoisotopic (exact) mass is 620 g/mol. The molecular weight excluding hydrogens is 592 g/mol. The maximum Gasteiger partial charge on any atom is 0.343 e. The standard InChI is InChI=1S/C34H29ClN6O4/c1-2-44-34(43)28-19-36-41-32(22-8-6-11-27(18-22)45-26-9-4-3-5-10-26)31-29(12-7-13-30(31)42)39(33(28)41)20-24-21-40(38-37-24)25-16-14-23(35)15-17-25/h3-6,8-11,14-19,21,32H,2,7,12-13,20H2,1H3. The molecule has 45 heavy (non-hydrogen) atoms. The highest BCUT2D eigenvalue weighted by molar-refractivity contribution is 6.30. The summed E-state index contributed by atoms with van der Waals surface area (Å²) in [6, 6.07) is 23.9. The van der Waals surface area contributed by atoms with Gasteiger partial charge >= 0.3 is 5.97 Å². The van der Waals surface area contributed by atoms with E-state index in [-0.39, 0.29) is 18.9 Å². The molecule has 5 aromatic rings. The van der Waals surface area contributed by atoms with Gasteiger partial charge in [0.15, 0.2) is 5.78 Å². The second-order valence-electron chi connectivity index (χ2n) is 10.8. The Morgan fingerprint density at radius 3 is 2.60 bits per heavy atom. The van der Waals surface area contributed by atoms with Crippen LogP contribution in [0.25, 0.3) is 5.69 Å². The molecule has 0 radical (unpaired) electrons. The van der Waals surface area contributed by atoms with Crippen molar-refractivity contribution in [1.82, 2.24) is 24.8 Å². The van der Waals surface area contributed by atoms with Crippen LogP contribution in [0, 0.1) is 0 Å². The van der Waals surface area contributed by atoms with Crippen molar-refractivity contribution in [2.24, 2.45) is 0 Å². The molecule has 7 rings (SSSR count).